The van der Waals surface area contributed by atoms with E-state index in [1.54, 1.807) is 0 Å². The number of rotatable bonds is 1. The second-order valence-electron chi connectivity index (χ2n) is 3.85. The Morgan fingerprint density at radius 1 is 1.19 bits per heavy atom. The summed E-state index contributed by atoms with van der Waals surface area (Å²) in [6, 6.07) is 10.5. The highest BCUT2D eigenvalue weighted by Gasteiger charge is 2.04. The van der Waals surface area contributed by atoms with E-state index >= 15 is 0 Å². The van der Waals surface area contributed by atoms with Crippen LogP contribution in [-0.4, -0.2) is 5.71 Å². The van der Waals surface area contributed by atoms with Gasteiger partial charge in [0.05, 0.1) is 3.70 Å². The normalized spacial score (nSPS) is 26.5. The van der Waals surface area contributed by atoms with Gasteiger partial charge in [0.2, 0.25) is 0 Å². The molecular weight excluding hydrogens is 309 g/mol. The highest BCUT2D eigenvalue weighted by Crippen LogP contribution is 2.23. The van der Waals surface area contributed by atoms with Crippen molar-refractivity contribution < 1.29 is 0 Å². The van der Waals surface area contributed by atoms with Gasteiger partial charge in [-0.3, -0.25) is 0 Å². The van der Waals surface area contributed by atoms with Crippen molar-refractivity contribution in [2.24, 2.45) is 4.99 Å². The highest BCUT2D eigenvalue weighted by molar-refractivity contribution is 14.1. The van der Waals surface area contributed by atoms with Crippen LogP contribution in [0.5, 0.6) is 0 Å². The zero-order chi connectivity index (χ0) is 11.4. The molecule has 0 amide bonds. The molecule has 1 aromatic carbocycles. The monoisotopic (exact) mass is 323 g/mol. The fraction of sp³-hybridized carbons (Fsp3) is 0.214. The summed E-state index contributed by atoms with van der Waals surface area (Å²) in [5.74, 6) is 0. The minimum Gasteiger partial charge on any atom is -0.248 e. The lowest BCUT2D eigenvalue weighted by molar-refractivity contribution is 1.06. The van der Waals surface area contributed by atoms with Crippen molar-refractivity contribution in [1.82, 2.24) is 0 Å². The van der Waals surface area contributed by atoms with Gasteiger partial charge in [-0.15, -0.1) is 0 Å². The molecule has 0 radical (unpaired) electrons. The number of aliphatic imine (C=N–C) groups is 1. The molecule has 1 aliphatic rings. The number of hydrogen-bond donors (Lipinski definition) is 0. The molecule has 0 aromatic heterocycles. The molecule has 1 nitrogen and oxygen atoms in total. The average molecular weight is 323 g/mol. The number of nitrogens with zero attached hydrogens (tertiary/aromatic N) is 1. The van der Waals surface area contributed by atoms with Crippen LogP contribution >= 0.6 is 22.6 Å². The van der Waals surface area contributed by atoms with Crippen molar-refractivity contribution in [3.05, 3.63) is 51.8 Å². The Hall–Kier alpha value is -0.900. The topological polar surface area (TPSA) is 12.4 Å². The predicted octanol–water partition coefficient (Wildman–Crippen LogP) is 4.60. The fourth-order valence-electron chi connectivity index (χ4n) is 1.80. The van der Waals surface area contributed by atoms with Gasteiger partial charge in [0, 0.05) is 5.71 Å². The van der Waals surface area contributed by atoms with E-state index in [4.69, 9.17) is 0 Å². The standard InChI is InChI=1S/C14H14IN/c1-11-10-13(8-5-9-14(15)16-11)12-6-3-2-4-7-12/h2-4,6-7,9-10H,5,8H2,1H3/b13-10+,14-9-,16-11-. The van der Waals surface area contributed by atoms with Crippen LogP contribution in [0.3, 0.4) is 0 Å². The lowest BCUT2D eigenvalue weighted by Gasteiger charge is -2.09. The molecule has 0 spiro atoms. The maximum absolute atomic E-state index is 4.50. The summed E-state index contributed by atoms with van der Waals surface area (Å²) < 4.78 is 1.10. The summed E-state index contributed by atoms with van der Waals surface area (Å²) in [5.41, 5.74) is 3.77. The summed E-state index contributed by atoms with van der Waals surface area (Å²) in [7, 11) is 0. The quantitative estimate of drug-likeness (QED) is 0.529. The Morgan fingerprint density at radius 2 is 1.94 bits per heavy atom. The van der Waals surface area contributed by atoms with E-state index in [9.17, 15) is 0 Å². The number of hydrogen-bond acceptors (Lipinski definition) is 1. The van der Waals surface area contributed by atoms with E-state index in [1.165, 1.54) is 11.1 Å². The molecule has 1 aliphatic heterocycles. The minimum absolute atomic E-state index is 1.07. The van der Waals surface area contributed by atoms with Gasteiger partial charge in [-0.2, -0.15) is 0 Å². The van der Waals surface area contributed by atoms with E-state index in [1.807, 2.05) is 0 Å². The molecule has 1 heterocycles. The first-order valence-electron chi connectivity index (χ1n) is 5.42. The second kappa shape index (κ2) is 5.43. The Bertz CT molecular complexity index is 455. The third-order valence-corrected chi connectivity index (χ3v) is 3.22. The second-order valence-corrected chi connectivity index (χ2v) is 4.96. The van der Waals surface area contributed by atoms with Gasteiger partial charge in [-0.1, -0.05) is 36.4 Å². The van der Waals surface area contributed by atoms with Crippen LogP contribution in [0.15, 0.2) is 51.2 Å². The van der Waals surface area contributed by atoms with Crippen molar-refractivity contribution in [2.45, 2.75) is 19.8 Å². The SMILES string of the molecule is CC1=N/C(I)=C\CC/C(c2ccccc2)=C\1. The van der Waals surface area contributed by atoms with Gasteiger partial charge in [-0.05, 0) is 59.6 Å². The summed E-state index contributed by atoms with van der Waals surface area (Å²) in [6.45, 7) is 2.06. The van der Waals surface area contributed by atoms with Crippen molar-refractivity contribution in [1.29, 1.82) is 0 Å². The van der Waals surface area contributed by atoms with E-state index in [0.717, 1.165) is 22.3 Å². The molecule has 2 heteroatoms. The molecule has 0 atom stereocenters. The molecule has 0 aliphatic carbocycles. The van der Waals surface area contributed by atoms with E-state index in [-0.39, 0.29) is 0 Å². The Morgan fingerprint density at radius 3 is 2.69 bits per heavy atom. The maximum atomic E-state index is 4.50. The molecular formula is C14H14IN. The summed E-state index contributed by atoms with van der Waals surface area (Å²) in [5, 5.41) is 0. The molecule has 2 rings (SSSR count). The number of halogens is 1. The summed E-state index contributed by atoms with van der Waals surface area (Å²) in [6.07, 6.45) is 6.54. The first kappa shape index (κ1) is 11.6. The molecule has 0 bridgehead atoms. The van der Waals surface area contributed by atoms with Crippen molar-refractivity contribution in [3.8, 4) is 0 Å². The van der Waals surface area contributed by atoms with Crippen LogP contribution in [0.2, 0.25) is 0 Å². The van der Waals surface area contributed by atoms with Crippen LogP contribution < -0.4 is 0 Å². The van der Waals surface area contributed by atoms with Crippen LogP contribution in [0.4, 0.5) is 0 Å². The predicted molar refractivity (Wildman–Crippen MR) is 78.9 cm³/mol. The Balaban J connectivity index is 2.34. The third kappa shape index (κ3) is 3.04. The zero-order valence-electron chi connectivity index (χ0n) is 9.28. The number of benzene rings is 1. The number of allylic oxidation sites excluding steroid dienone is 3. The van der Waals surface area contributed by atoms with E-state index in [2.05, 4.69) is 77.0 Å². The largest absolute Gasteiger partial charge is 0.248 e. The lowest BCUT2D eigenvalue weighted by Crippen LogP contribution is -1.93. The van der Waals surface area contributed by atoms with Crippen molar-refractivity contribution in [2.75, 3.05) is 0 Å². The molecule has 0 saturated heterocycles. The molecule has 0 unspecified atom stereocenters. The molecule has 0 N–H and O–H groups in total. The van der Waals surface area contributed by atoms with Gasteiger partial charge in [0.25, 0.3) is 0 Å². The average Bonchev–Trinajstić information content (AvgIpc) is 2.26. The van der Waals surface area contributed by atoms with Crippen LogP contribution in [-0.2, 0) is 0 Å². The van der Waals surface area contributed by atoms with Crippen LogP contribution in [0.25, 0.3) is 5.57 Å². The van der Waals surface area contributed by atoms with Gasteiger partial charge >= 0.3 is 0 Å². The molecule has 16 heavy (non-hydrogen) atoms. The molecule has 0 fully saturated rings. The van der Waals surface area contributed by atoms with E-state index < -0.39 is 0 Å². The Labute approximate surface area is 110 Å². The fourth-order valence-corrected chi connectivity index (χ4v) is 2.49. The van der Waals surface area contributed by atoms with Crippen molar-refractivity contribution in [3.63, 3.8) is 0 Å². The Kier molecular flexibility index (Phi) is 3.93. The van der Waals surface area contributed by atoms with Gasteiger partial charge in [0.15, 0.2) is 0 Å². The van der Waals surface area contributed by atoms with Crippen LogP contribution in [0, 0.1) is 0 Å². The lowest BCUT2D eigenvalue weighted by atomic mass is 9.99. The molecule has 0 saturated carbocycles. The van der Waals surface area contributed by atoms with Gasteiger partial charge in [-0.25, -0.2) is 4.99 Å². The minimum atomic E-state index is 1.07. The highest BCUT2D eigenvalue weighted by atomic mass is 127. The summed E-state index contributed by atoms with van der Waals surface area (Å²) >= 11 is 2.28. The van der Waals surface area contributed by atoms with E-state index in [0.29, 0.717) is 0 Å². The van der Waals surface area contributed by atoms with Gasteiger partial charge < -0.3 is 0 Å². The maximum Gasteiger partial charge on any atom is 0.0972 e. The summed E-state index contributed by atoms with van der Waals surface area (Å²) in [4.78, 5) is 4.50. The molecule has 82 valence electrons. The third-order valence-electron chi connectivity index (χ3n) is 2.54. The first-order chi connectivity index (χ1) is 7.75. The van der Waals surface area contributed by atoms with Crippen molar-refractivity contribution >= 4 is 33.9 Å². The van der Waals surface area contributed by atoms with Crippen LogP contribution in [0.1, 0.15) is 25.3 Å². The zero-order valence-corrected chi connectivity index (χ0v) is 11.4. The van der Waals surface area contributed by atoms with Gasteiger partial charge in [0.1, 0.15) is 0 Å². The smallest absolute Gasteiger partial charge is 0.0972 e. The molecule has 1 aromatic rings. The first-order valence-corrected chi connectivity index (χ1v) is 6.50.